The van der Waals surface area contributed by atoms with E-state index in [9.17, 15) is 24.2 Å². The first-order chi connectivity index (χ1) is 18.0. The zero-order valence-corrected chi connectivity index (χ0v) is 22.0. The van der Waals surface area contributed by atoms with Crippen LogP contribution in [-0.4, -0.2) is 37.3 Å². The van der Waals surface area contributed by atoms with Gasteiger partial charge in [-0.3, -0.25) is 9.78 Å². The Morgan fingerprint density at radius 1 is 1.18 bits per heavy atom. The zero-order chi connectivity index (χ0) is 27.6. The number of halogens is 2. The maximum absolute atomic E-state index is 14.8. The van der Waals surface area contributed by atoms with Gasteiger partial charge >= 0.3 is 5.97 Å². The molecule has 0 bridgehead atoms. The van der Waals surface area contributed by atoms with Gasteiger partial charge < -0.3 is 20.1 Å². The van der Waals surface area contributed by atoms with Crippen molar-refractivity contribution in [2.75, 3.05) is 11.9 Å². The fraction of sp³-hybridized carbons (Fsp3) is 0.286. The molecule has 198 valence electrons. The molecule has 0 saturated carbocycles. The lowest BCUT2D eigenvalue weighted by atomic mass is 9.86. The van der Waals surface area contributed by atoms with Crippen LogP contribution in [0.2, 0.25) is 5.02 Å². The molecule has 4 aromatic rings. The van der Waals surface area contributed by atoms with E-state index in [2.05, 4.69) is 10.3 Å². The standard InChI is InChI=1S/C28H28ClFN4O4/c1-28(2,3)22(15-35)34-14-20(27(37)38)24(36)19-12-17(11-16-7-6-9-21(29)23(16)30)25(33-26(19)34)32-13-18-8-4-5-10-31-18/h4-10,12,14,22,35H,11,13,15H2,1-3H3,(H,32,33)(H,37,38)/t22-/m1/s1. The largest absolute Gasteiger partial charge is 0.477 e. The number of aromatic carboxylic acids is 1. The van der Waals surface area contributed by atoms with Crippen molar-refractivity contribution in [2.24, 2.45) is 5.41 Å². The van der Waals surface area contributed by atoms with E-state index in [1.807, 2.05) is 32.9 Å². The number of carbonyl (C=O) groups is 1. The van der Waals surface area contributed by atoms with Crippen LogP contribution in [0.3, 0.4) is 0 Å². The first-order valence-electron chi connectivity index (χ1n) is 12.0. The number of anilines is 1. The highest BCUT2D eigenvalue weighted by Gasteiger charge is 2.29. The van der Waals surface area contributed by atoms with Gasteiger partial charge in [-0.25, -0.2) is 14.2 Å². The average Bonchev–Trinajstić information content (AvgIpc) is 2.87. The van der Waals surface area contributed by atoms with Crippen LogP contribution >= 0.6 is 11.6 Å². The van der Waals surface area contributed by atoms with E-state index in [0.717, 1.165) is 5.69 Å². The molecule has 0 spiro atoms. The monoisotopic (exact) mass is 538 g/mol. The lowest BCUT2D eigenvalue weighted by Crippen LogP contribution is -2.31. The Labute approximate surface area is 223 Å². The van der Waals surface area contributed by atoms with Crippen molar-refractivity contribution in [3.8, 4) is 0 Å². The van der Waals surface area contributed by atoms with Gasteiger partial charge in [0.25, 0.3) is 0 Å². The van der Waals surface area contributed by atoms with Gasteiger partial charge in [0, 0.05) is 18.8 Å². The van der Waals surface area contributed by atoms with Crippen LogP contribution in [0.5, 0.6) is 0 Å². The van der Waals surface area contributed by atoms with E-state index in [1.54, 1.807) is 24.4 Å². The van der Waals surface area contributed by atoms with Crippen molar-refractivity contribution >= 4 is 34.4 Å². The Morgan fingerprint density at radius 2 is 1.95 bits per heavy atom. The minimum absolute atomic E-state index is 0.0364. The summed E-state index contributed by atoms with van der Waals surface area (Å²) in [5.74, 6) is -1.62. The predicted molar refractivity (Wildman–Crippen MR) is 144 cm³/mol. The van der Waals surface area contributed by atoms with Crippen LogP contribution < -0.4 is 10.7 Å². The van der Waals surface area contributed by atoms with E-state index in [0.29, 0.717) is 17.9 Å². The molecule has 0 fully saturated rings. The third kappa shape index (κ3) is 5.54. The number of hydrogen-bond donors (Lipinski definition) is 3. The first kappa shape index (κ1) is 27.2. The summed E-state index contributed by atoms with van der Waals surface area (Å²) in [5.41, 5.74) is 0.0261. The molecule has 0 amide bonds. The third-order valence-corrected chi connectivity index (χ3v) is 6.69. The zero-order valence-electron chi connectivity index (χ0n) is 21.2. The van der Waals surface area contributed by atoms with Crippen LogP contribution in [0, 0.1) is 11.2 Å². The number of pyridine rings is 3. The molecule has 0 unspecified atom stereocenters. The molecule has 0 aliphatic rings. The van der Waals surface area contributed by atoms with Crippen LogP contribution in [0.25, 0.3) is 11.0 Å². The van der Waals surface area contributed by atoms with Crippen molar-refractivity contribution in [2.45, 2.75) is 39.8 Å². The quantitative estimate of drug-likeness (QED) is 0.287. The first-order valence-corrected chi connectivity index (χ1v) is 12.4. The highest BCUT2D eigenvalue weighted by atomic mass is 35.5. The molecule has 0 aliphatic heterocycles. The fourth-order valence-electron chi connectivity index (χ4n) is 4.34. The van der Waals surface area contributed by atoms with Gasteiger partial charge in [-0.15, -0.1) is 0 Å². The Hall–Kier alpha value is -3.82. The highest BCUT2D eigenvalue weighted by Crippen LogP contribution is 2.33. The van der Waals surface area contributed by atoms with E-state index in [-0.39, 0.29) is 34.6 Å². The van der Waals surface area contributed by atoms with E-state index >= 15 is 0 Å². The molecule has 0 radical (unpaired) electrons. The van der Waals surface area contributed by atoms with Crippen molar-refractivity contribution in [3.63, 3.8) is 0 Å². The summed E-state index contributed by atoms with van der Waals surface area (Å²) in [7, 11) is 0. The summed E-state index contributed by atoms with van der Waals surface area (Å²) in [6.45, 7) is 5.68. The molecule has 38 heavy (non-hydrogen) atoms. The van der Waals surface area contributed by atoms with Gasteiger partial charge in [-0.1, -0.05) is 50.6 Å². The number of benzene rings is 1. The van der Waals surface area contributed by atoms with E-state index in [4.69, 9.17) is 16.6 Å². The lowest BCUT2D eigenvalue weighted by molar-refractivity contribution is 0.0692. The number of aliphatic hydroxyl groups excluding tert-OH is 1. The molecule has 4 rings (SSSR count). The Bertz CT molecular complexity index is 1550. The molecule has 1 atom stereocenters. The predicted octanol–water partition coefficient (Wildman–Crippen LogP) is 5.06. The van der Waals surface area contributed by atoms with E-state index in [1.165, 1.54) is 22.9 Å². The minimum atomic E-state index is -1.39. The van der Waals surface area contributed by atoms with Gasteiger partial charge in [0.2, 0.25) is 5.43 Å². The molecule has 10 heteroatoms. The molecule has 3 aromatic heterocycles. The maximum Gasteiger partial charge on any atom is 0.341 e. The van der Waals surface area contributed by atoms with Gasteiger partial charge in [-0.2, -0.15) is 0 Å². The summed E-state index contributed by atoms with van der Waals surface area (Å²) >= 11 is 5.99. The second-order valence-electron chi connectivity index (χ2n) is 10.1. The smallest absolute Gasteiger partial charge is 0.341 e. The normalized spacial score (nSPS) is 12.5. The number of fused-ring (bicyclic) bond motifs is 1. The highest BCUT2D eigenvalue weighted by molar-refractivity contribution is 6.30. The summed E-state index contributed by atoms with van der Waals surface area (Å²) in [5, 5.41) is 23.3. The van der Waals surface area contributed by atoms with Crippen molar-refractivity contribution in [3.05, 3.63) is 98.3 Å². The van der Waals surface area contributed by atoms with Crippen LogP contribution in [0.1, 0.15) is 54.0 Å². The SMILES string of the molecule is CC(C)(C)[C@@H](CO)n1cc(C(=O)O)c(=O)c2cc(Cc3cccc(Cl)c3F)c(NCc3ccccn3)nc21. The molecule has 3 N–H and O–H groups in total. The number of aliphatic hydroxyl groups is 1. The Morgan fingerprint density at radius 3 is 2.58 bits per heavy atom. The molecule has 0 aliphatic carbocycles. The molecule has 0 saturated heterocycles. The minimum Gasteiger partial charge on any atom is -0.477 e. The van der Waals surface area contributed by atoms with Crippen molar-refractivity contribution in [1.82, 2.24) is 14.5 Å². The molecule has 8 nitrogen and oxygen atoms in total. The second-order valence-corrected chi connectivity index (χ2v) is 10.5. The third-order valence-electron chi connectivity index (χ3n) is 6.40. The van der Waals surface area contributed by atoms with Gasteiger partial charge in [-0.05, 0) is 40.8 Å². The number of hydrogen-bond acceptors (Lipinski definition) is 6. The maximum atomic E-state index is 14.8. The van der Waals surface area contributed by atoms with E-state index < -0.39 is 34.2 Å². The Balaban J connectivity index is 1.98. The molecule has 3 heterocycles. The molecular formula is C28H28ClFN4O4. The lowest BCUT2D eigenvalue weighted by Gasteiger charge is -2.32. The topological polar surface area (TPSA) is 117 Å². The number of aromatic nitrogens is 3. The summed E-state index contributed by atoms with van der Waals surface area (Å²) in [6.07, 6.45) is 2.93. The van der Waals surface area contributed by atoms with Crippen LogP contribution in [0.15, 0.2) is 59.7 Å². The summed E-state index contributed by atoms with van der Waals surface area (Å²) < 4.78 is 16.4. The fourth-order valence-corrected chi connectivity index (χ4v) is 4.53. The number of carboxylic acids is 1. The molecular weight excluding hydrogens is 511 g/mol. The number of rotatable bonds is 8. The number of nitrogens with zero attached hydrogens (tertiary/aromatic N) is 3. The second kappa shape index (κ2) is 10.9. The van der Waals surface area contributed by atoms with Crippen molar-refractivity contribution < 1.29 is 19.4 Å². The van der Waals surface area contributed by atoms with Crippen LogP contribution in [0.4, 0.5) is 10.2 Å². The number of carboxylic acid groups (broad SMARTS) is 1. The Kier molecular flexibility index (Phi) is 7.80. The summed E-state index contributed by atoms with van der Waals surface area (Å²) in [6, 6.07) is 11.1. The van der Waals surface area contributed by atoms with Crippen LogP contribution in [-0.2, 0) is 13.0 Å². The van der Waals surface area contributed by atoms with Gasteiger partial charge in [0.05, 0.1) is 35.3 Å². The summed E-state index contributed by atoms with van der Waals surface area (Å²) in [4.78, 5) is 34.3. The van der Waals surface area contributed by atoms with Gasteiger partial charge in [0.1, 0.15) is 22.8 Å². The van der Waals surface area contributed by atoms with Gasteiger partial charge in [0.15, 0.2) is 0 Å². The van der Waals surface area contributed by atoms with Crippen molar-refractivity contribution in [1.29, 1.82) is 0 Å². The number of nitrogens with one attached hydrogen (secondary N) is 1. The molecule has 1 aromatic carbocycles. The average molecular weight is 539 g/mol.